The highest BCUT2D eigenvalue weighted by atomic mass is 35.5. The van der Waals surface area contributed by atoms with E-state index in [1.165, 1.54) is 0 Å². The molecule has 0 aliphatic heterocycles. The molecule has 1 nitrogen and oxygen atoms in total. The minimum absolute atomic E-state index is 0.602. The lowest BCUT2D eigenvalue weighted by Gasteiger charge is -2.18. The molecule has 0 heterocycles. The van der Waals surface area contributed by atoms with E-state index in [2.05, 4.69) is 13.1 Å². The first-order valence-corrected chi connectivity index (χ1v) is 6.24. The van der Waals surface area contributed by atoms with Crippen LogP contribution in [0.4, 0.5) is 0 Å². The van der Waals surface area contributed by atoms with Crippen molar-refractivity contribution in [2.24, 2.45) is 0 Å². The Kier molecular flexibility index (Phi) is 4.19. The van der Waals surface area contributed by atoms with Gasteiger partial charge in [-0.1, -0.05) is 5.70 Å². The van der Waals surface area contributed by atoms with E-state index >= 15 is 0 Å². The van der Waals surface area contributed by atoms with Gasteiger partial charge in [0.15, 0.2) is 0 Å². The maximum absolute atomic E-state index is 5.65. The highest BCUT2D eigenvalue weighted by molar-refractivity contribution is 6.83. The van der Waals surface area contributed by atoms with Crippen molar-refractivity contribution in [3.05, 3.63) is 12.3 Å². The summed E-state index contributed by atoms with van der Waals surface area (Å²) in [5, 5.41) is 0. The summed E-state index contributed by atoms with van der Waals surface area (Å²) in [4.78, 5) is 0. The van der Waals surface area contributed by atoms with Crippen molar-refractivity contribution in [2.75, 3.05) is 12.1 Å². The summed E-state index contributed by atoms with van der Waals surface area (Å²) in [6, 6.07) is 0. The van der Waals surface area contributed by atoms with Crippen molar-refractivity contribution in [1.82, 2.24) is 0 Å². The van der Waals surface area contributed by atoms with E-state index in [0.717, 1.165) is 6.61 Å². The molecule has 1 unspecified atom stereocenters. The molecule has 0 amide bonds. The second kappa shape index (κ2) is 4.09. The molecule has 0 aromatic carbocycles. The molecule has 0 radical (unpaired) electrons. The third kappa shape index (κ3) is 3.03. The maximum Gasteiger partial charge on any atom is 0.227 e. The molecule has 0 aromatic rings. The second-order valence-corrected chi connectivity index (χ2v) is 6.47. The average Bonchev–Trinajstić information content (AvgIpc) is 1.89. The van der Waals surface area contributed by atoms with Crippen LogP contribution in [0.2, 0.25) is 6.55 Å². The van der Waals surface area contributed by atoms with Crippen LogP contribution in [0.5, 0.6) is 0 Å². The van der Waals surface area contributed by atoms with Crippen LogP contribution in [0, 0.1) is 0 Å². The van der Waals surface area contributed by atoms with Crippen molar-refractivity contribution in [3.63, 3.8) is 0 Å². The zero-order chi connectivity index (χ0) is 7.33. The van der Waals surface area contributed by atoms with Gasteiger partial charge in [-0.05, 0) is 13.5 Å². The van der Waals surface area contributed by atoms with Crippen molar-refractivity contribution in [2.45, 2.75) is 13.5 Å². The van der Waals surface area contributed by atoms with E-state index in [9.17, 15) is 0 Å². The highest BCUT2D eigenvalue weighted by Crippen LogP contribution is 2.07. The molecule has 54 valence electrons. The van der Waals surface area contributed by atoms with E-state index in [1.54, 1.807) is 0 Å². The molecule has 0 aliphatic carbocycles. The smallest absolute Gasteiger partial charge is 0.227 e. The van der Waals surface area contributed by atoms with E-state index in [-0.39, 0.29) is 0 Å². The standard InChI is InChI=1S/C6H13ClOSi/c1-4-8-9(3,5-2)6-7/h5H,2,4,6H2,1,3H3. The molecular weight excluding hydrogens is 152 g/mol. The number of hydrogen-bond acceptors (Lipinski definition) is 1. The summed E-state index contributed by atoms with van der Waals surface area (Å²) in [6.45, 7) is 8.44. The van der Waals surface area contributed by atoms with Gasteiger partial charge in [0.25, 0.3) is 0 Å². The molecule has 9 heavy (non-hydrogen) atoms. The van der Waals surface area contributed by atoms with Crippen LogP contribution >= 0.6 is 11.6 Å². The average molecular weight is 165 g/mol. The Hall–Kier alpha value is 0.207. The number of hydrogen-bond donors (Lipinski definition) is 0. The van der Waals surface area contributed by atoms with Crippen LogP contribution in [0.3, 0.4) is 0 Å². The molecule has 0 N–H and O–H groups in total. The van der Waals surface area contributed by atoms with Gasteiger partial charge in [-0.2, -0.15) is 0 Å². The molecule has 3 heteroatoms. The Bertz CT molecular complexity index is 97.1. The largest absolute Gasteiger partial charge is 0.412 e. The molecular formula is C6H13ClOSi. The van der Waals surface area contributed by atoms with E-state index in [0.29, 0.717) is 5.50 Å². The molecule has 0 aliphatic rings. The Labute approximate surface area is 62.8 Å². The second-order valence-electron chi connectivity index (χ2n) is 2.08. The molecule has 0 bridgehead atoms. The van der Waals surface area contributed by atoms with E-state index in [4.69, 9.17) is 16.0 Å². The molecule has 0 rings (SSSR count). The summed E-state index contributed by atoms with van der Waals surface area (Å²) in [7, 11) is -1.67. The molecule has 1 atom stereocenters. The van der Waals surface area contributed by atoms with Gasteiger partial charge >= 0.3 is 0 Å². The molecule has 0 fully saturated rings. The SMILES string of the molecule is C=C[Si](C)(CCl)OCC. The van der Waals surface area contributed by atoms with Crippen molar-refractivity contribution < 1.29 is 4.43 Å². The lowest BCUT2D eigenvalue weighted by molar-refractivity contribution is 0.337. The van der Waals surface area contributed by atoms with Gasteiger partial charge in [0, 0.05) is 12.1 Å². The monoisotopic (exact) mass is 164 g/mol. The Morgan fingerprint density at radius 3 is 2.44 bits per heavy atom. The van der Waals surface area contributed by atoms with Gasteiger partial charge in [0.05, 0.1) is 0 Å². The first-order chi connectivity index (χ1) is 4.18. The fourth-order valence-electron chi connectivity index (χ4n) is 0.482. The van der Waals surface area contributed by atoms with Crippen molar-refractivity contribution >= 4 is 19.9 Å². The van der Waals surface area contributed by atoms with Gasteiger partial charge in [-0.15, -0.1) is 18.2 Å². The van der Waals surface area contributed by atoms with Crippen LogP contribution in [-0.2, 0) is 4.43 Å². The van der Waals surface area contributed by atoms with E-state index in [1.807, 2.05) is 12.6 Å². The number of halogens is 1. The number of alkyl halides is 1. The van der Waals surface area contributed by atoms with Crippen molar-refractivity contribution in [3.8, 4) is 0 Å². The predicted molar refractivity (Wildman–Crippen MR) is 44.2 cm³/mol. The Balaban J connectivity index is 3.76. The van der Waals surface area contributed by atoms with Crippen LogP contribution in [-0.4, -0.2) is 20.4 Å². The summed E-state index contributed by atoms with van der Waals surface area (Å²) < 4.78 is 5.42. The lowest BCUT2D eigenvalue weighted by Crippen LogP contribution is -2.34. The number of rotatable bonds is 4. The van der Waals surface area contributed by atoms with Crippen molar-refractivity contribution in [1.29, 1.82) is 0 Å². The summed E-state index contributed by atoms with van der Waals surface area (Å²) in [5.41, 5.74) is 2.47. The van der Waals surface area contributed by atoms with Gasteiger partial charge in [0.2, 0.25) is 8.32 Å². The minimum Gasteiger partial charge on any atom is -0.412 e. The topological polar surface area (TPSA) is 9.23 Å². The third-order valence-electron chi connectivity index (χ3n) is 1.17. The lowest BCUT2D eigenvalue weighted by atomic mass is 10.9. The highest BCUT2D eigenvalue weighted by Gasteiger charge is 2.22. The van der Waals surface area contributed by atoms with E-state index < -0.39 is 8.32 Å². The molecule has 0 saturated heterocycles. The predicted octanol–water partition coefficient (Wildman–Crippen LogP) is 2.10. The fourth-order valence-corrected chi connectivity index (χ4v) is 2.00. The zero-order valence-corrected chi connectivity index (χ0v) is 7.74. The molecule has 0 spiro atoms. The van der Waals surface area contributed by atoms with Gasteiger partial charge in [-0.25, -0.2) is 0 Å². The van der Waals surface area contributed by atoms with Crippen LogP contribution in [0.25, 0.3) is 0 Å². The quantitative estimate of drug-likeness (QED) is 0.457. The minimum atomic E-state index is -1.67. The normalized spacial score (nSPS) is 16.8. The van der Waals surface area contributed by atoms with Crippen LogP contribution in [0.15, 0.2) is 12.3 Å². The Morgan fingerprint density at radius 2 is 2.33 bits per heavy atom. The van der Waals surface area contributed by atoms with Gasteiger partial charge in [0.1, 0.15) is 0 Å². The summed E-state index contributed by atoms with van der Waals surface area (Å²) in [5.74, 6) is 0. The van der Waals surface area contributed by atoms with Gasteiger partial charge in [-0.3, -0.25) is 0 Å². The third-order valence-corrected chi connectivity index (χ3v) is 5.11. The van der Waals surface area contributed by atoms with Crippen LogP contribution < -0.4 is 0 Å². The summed E-state index contributed by atoms with van der Waals surface area (Å²) in [6.07, 6.45) is 0. The maximum atomic E-state index is 5.65. The first-order valence-electron chi connectivity index (χ1n) is 3.02. The van der Waals surface area contributed by atoms with Gasteiger partial charge < -0.3 is 4.43 Å². The molecule has 0 aromatic heterocycles. The first kappa shape index (κ1) is 9.21. The fraction of sp³-hybridized carbons (Fsp3) is 0.667. The van der Waals surface area contributed by atoms with Crippen LogP contribution in [0.1, 0.15) is 6.92 Å². The Morgan fingerprint density at radius 1 is 1.78 bits per heavy atom. The molecule has 0 saturated carbocycles. The summed E-state index contributed by atoms with van der Waals surface area (Å²) >= 11 is 5.65. The zero-order valence-electron chi connectivity index (χ0n) is 5.98.